The van der Waals surface area contributed by atoms with Crippen LogP contribution in [0.15, 0.2) is 36.4 Å². The molecule has 0 radical (unpaired) electrons. The molecule has 2 aromatic carbocycles. The Morgan fingerprint density at radius 1 is 1.13 bits per heavy atom. The van der Waals surface area contributed by atoms with Crippen molar-refractivity contribution in [2.24, 2.45) is 11.3 Å². The number of aliphatic hydroxyl groups is 1. The van der Waals surface area contributed by atoms with Gasteiger partial charge in [-0.3, -0.25) is 9.59 Å². The van der Waals surface area contributed by atoms with Gasteiger partial charge >= 0.3 is 0 Å². The Morgan fingerprint density at radius 3 is 2.50 bits per heavy atom. The molecule has 5 nitrogen and oxygen atoms in total. The van der Waals surface area contributed by atoms with Crippen molar-refractivity contribution in [1.82, 2.24) is 5.32 Å². The number of halogens is 3. The van der Waals surface area contributed by atoms with Gasteiger partial charge in [0.25, 0.3) is 0 Å². The monoisotopic (exact) mass is 560 g/mol. The first-order chi connectivity index (χ1) is 17.9. The number of aliphatic hydroxyl groups excluding tert-OH is 1. The predicted octanol–water partition coefficient (Wildman–Crippen LogP) is 6.39. The quantitative estimate of drug-likeness (QED) is 0.395. The van der Waals surface area contributed by atoms with Gasteiger partial charge < -0.3 is 15.7 Å². The van der Waals surface area contributed by atoms with Crippen LogP contribution in [0.25, 0.3) is 0 Å². The van der Waals surface area contributed by atoms with Crippen LogP contribution in [0.1, 0.15) is 76.3 Å². The van der Waals surface area contributed by atoms with E-state index in [0.717, 1.165) is 18.4 Å². The van der Waals surface area contributed by atoms with Gasteiger partial charge in [-0.2, -0.15) is 0 Å². The van der Waals surface area contributed by atoms with Crippen molar-refractivity contribution in [2.75, 3.05) is 5.32 Å². The molecule has 1 amide bonds. The van der Waals surface area contributed by atoms with Crippen molar-refractivity contribution in [1.29, 1.82) is 0 Å². The molecule has 1 saturated heterocycles. The van der Waals surface area contributed by atoms with Crippen molar-refractivity contribution in [3.63, 3.8) is 0 Å². The molecule has 38 heavy (non-hydrogen) atoms. The number of hydrogen-bond donors (Lipinski definition) is 3. The minimum Gasteiger partial charge on any atom is -0.393 e. The minimum absolute atomic E-state index is 0.0304. The summed E-state index contributed by atoms with van der Waals surface area (Å²) in [6, 6.07) is 9.02. The van der Waals surface area contributed by atoms with Gasteiger partial charge in [0.05, 0.1) is 17.2 Å². The fraction of sp³-hybridized carbons (Fsp3) is 0.533. The number of ketones is 1. The molecule has 5 rings (SSSR count). The van der Waals surface area contributed by atoms with Crippen LogP contribution in [0.4, 0.5) is 10.1 Å². The van der Waals surface area contributed by atoms with E-state index in [2.05, 4.69) is 31.4 Å². The summed E-state index contributed by atoms with van der Waals surface area (Å²) in [5.41, 5.74) is 0.337. The lowest BCUT2D eigenvalue weighted by Gasteiger charge is -2.37. The number of rotatable bonds is 5. The summed E-state index contributed by atoms with van der Waals surface area (Å²) < 4.78 is 15.0. The SMILES string of the molecule is CC(C)(C)C[C@@H]1N[C@@H](C(=O)CC2CCC(O)CC2)[C@H](c2cccc(Cl)c2)[C@]12C(=O)Nc1cc(Cl)c(F)cc12. The smallest absolute Gasteiger partial charge is 0.237 e. The molecule has 4 atom stereocenters. The third-order valence-electron chi connectivity index (χ3n) is 8.56. The number of hydrogen-bond acceptors (Lipinski definition) is 4. The Balaban J connectivity index is 1.66. The molecule has 0 aromatic heterocycles. The normalized spacial score (nSPS) is 30.9. The van der Waals surface area contributed by atoms with Gasteiger partial charge in [-0.1, -0.05) is 56.1 Å². The summed E-state index contributed by atoms with van der Waals surface area (Å²) in [6.07, 6.45) is 3.63. The van der Waals surface area contributed by atoms with E-state index in [9.17, 15) is 19.1 Å². The first-order valence-electron chi connectivity index (χ1n) is 13.4. The average molecular weight is 562 g/mol. The second-order valence-corrected chi connectivity index (χ2v) is 13.3. The summed E-state index contributed by atoms with van der Waals surface area (Å²) in [6.45, 7) is 6.28. The maximum absolute atomic E-state index is 15.0. The zero-order chi connectivity index (χ0) is 27.4. The van der Waals surface area contributed by atoms with E-state index in [1.807, 2.05) is 18.2 Å². The lowest BCUT2D eigenvalue weighted by Crippen LogP contribution is -2.49. The van der Waals surface area contributed by atoms with Gasteiger partial charge in [-0.05, 0) is 78.8 Å². The number of carbonyl (C=O) groups excluding carboxylic acids is 2. The largest absolute Gasteiger partial charge is 0.393 e. The molecule has 2 fully saturated rings. The van der Waals surface area contributed by atoms with Crippen molar-refractivity contribution < 1.29 is 19.1 Å². The third kappa shape index (κ3) is 4.90. The molecule has 2 heterocycles. The standard InChI is InChI=1S/C30H35Cl2FN2O3/c1-29(2,3)15-25-30(20-13-22(33)21(32)14-23(20)34-28(30)38)26(17-5-4-6-18(31)12-17)27(35-25)24(37)11-16-7-9-19(36)10-8-16/h4-6,12-14,16,19,25-27,35-36H,7-11,15H2,1-3H3,(H,34,38)/t16?,19?,25-,26-,27-,30+/m0/s1. The fourth-order valence-corrected chi connectivity index (χ4v) is 7.31. The van der Waals surface area contributed by atoms with Crippen LogP contribution in [0.2, 0.25) is 10.0 Å². The lowest BCUT2D eigenvalue weighted by atomic mass is 9.62. The van der Waals surface area contributed by atoms with E-state index in [0.29, 0.717) is 42.0 Å². The highest BCUT2D eigenvalue weighted by Gasteiger charge is 2.65. The summed E-state index contributed by atoms with van der Waals surface area (Å²) >= 11 is 12.6. The first-order valence-corrected chi connectivity index (χ1v) is 14.2. The topological polar surface area (TPSA) is 78.4 Å². The second kappa shape index (κ2) is 10.2. The Bertz CT molecular complexity index is 1250. The molecule has 8 heteroatoms. The van der Waals surface area contributed by atoms with E-state index in [-0.39, 0.29) is 34.1 Å². The number of anilines is 1. The Hall–Kier alpha value is -1.99. The highest BCUT2D eigenvalue weighted by atomic mass is 35.5. The Kier molecular flexibility index (Phi) is 7.40. The number of fused-ring (bicyclic) bond motifs is 2. The maximum atomic E-state index is 15.0. The Morgan fingerprint density at radius 2 is 1.84 bits per heavy atom. The second-order valence-electron chi connectivity index (χ2n) is 12.5. The zero-order valence-corrected chi connectivity index (χ0v) is 23.5. The highest BCUT2D eigenvalue weighted by molar-refractivity contribution is 6.31. The summed E-state index contributed by atoms with van der Waals surface area (Å²) in [5.74, 6) is -1.25. The number of Topliss-reactive ketones (excluding diaryl/α,β-unsaturated/α-hetero) is 1. The number of amides is 1. The minimum atomic E-state index is -1.23. The average Bonchev–Trinajstić information content (AvgIpc) is 3.30. The van der Waals surface area contributed by atoms with Crippen molar-refractivity contribution in [2.45, 2.75) is 88.8 Å². The summed E-state index contributed by atoms with van der Waals surface area (Å²) in [7, 11) is 0. The van der Waals surface area contributed by atoms with Crippen LogP contribution in [0.5, 0.6) is 0 Å². The van der Waals surface area contributed by atoms with E-state index >= 15 is 0 Å². The van der Waals surface area contributed by atoms with Crippen molar-refractivity contribution in [3.8, 4) is 0 Å². The number of carbonyl (C=O) groups is 2. The molecule has 0 bridgehead atoms. The van der Waals surface area contributed by atoms with E-state index < -0.39 is 29.2 Å². The van der Waals surface area contributed by atoms with E-state index in [4.69, 9.17) is 23.2 Å². The van der Waals surface area contributed by atoms with Crippen LogP contribution in [0.3, 0.4) is 0 Å². The van der Waals surface area contributed by atoms with Crippen LogP contribution < -0.4 is 10.6 Å². The van der Waals surface area contributed by atoms with Crippen molar-refractivity contribution in [3.05, 3.63) is 63.4 Å². The zero-order valence-electron chi connectivity index (χ0n) is 22.0. The van der Waals surface area contributed by atoms with Gasteiger partial charge in [-0.15, -0.1) is 0 Å². The third-order valence-corrected chi connectivity index (χ3v) is 9.09. The van der Waals surface area contributed by atoms with Crippen LogP contribution in [0, 0.1) is 17.2 Å². The Labute approximate surface area is 233 Å². The molecular weight excluding hydrogens is 526 g/mol. The first kappa shape index (κ1) is 27.6. The van der Waals surface area contributed by atoms with Gasteiger partial charge in [0, 0.05) is 29.1 Å². The molecule has 1 saturated carbocycles. The van der Waals surface area contributed by atoms with Crippen LogP contribution in [-0.2, 0) is 15.0 Å². The maximum Gasteiger partial charge on any atom is 0.237 e. The number of nitrogens with one attached hydrogen (secondary N) is 2. The molecule has 2 aliphatic heterocycles. The van der Waals surface area contributed by atoms with Gasteiger partial charge in [0.2, 0.25) is 5.91 Å². The molecule has 2 aromatic rings. The van der Waals surface area contributed by atoms with E-state index in [1.165, 1.54) is 12.1 Å². The van der Waals surface area contributed by atoms with Gasteiger partial charge in [0.1, 0.15) is 11.2 Å². The molecule has 1 spiro atoms. The van der Waals surface area contributed by atoms with Gasteiger partial charge in [-0.25, -0.2) is 4.39 Å². The molecular formula is C30H35Cl2FN2O3. The van der Waals surface area contributed by atoms with Crippen LogP contribution in [-0.4, -0.2) is 35.0 Å². The predicted molar refractivity (Wildman–Crippen MR) is 148 cm³/mol. The molecule has 3 aliphatic rings. The molecule has 0 unspecified atom stereocenters. The van der Waals surface area contributed by atoms with E-state index in [1.54, 1.807) is 6.07 Å². The fourth-order valence-electron chi connectivity index (χ4n) is 6.95. The van der Waals surface area contributed by atoms with Gasteiger partial charge in [0.15, 0.2) is 5.78 Å². The summed E-state index contributed by atoms with van der Waals surface area (Å²) in [4.78, 5) is 28.2. The molecule has 3 N–H and O–H groups in total. The highest BCUT2D eigenvalue weighted by Crippen LogP contribution is 2.57. The van der Waals surface area contributed by atoms with Crippen LogP contribution >= 0.6 is 23.2 Å². The molecule has 204 valence electrons. The molecule has 1 aliphatic carbocycles. The van der Waals surface area contributed by atoms with Crippen molar-refractivity contribution >= 4 is 40.6 Å². The summed E-state index contributed by atoms with van der Waals surface area (Å²) in [5, 5.41) is 16.9. The number of benzene rings is 2. The lowest BCUT2D eigenvalue weighted by molar-refractivity contribution is -0.123.